The van der Waals surface area contributed by atoms with Gasteiger partial charge in [-0.15, -0.1) is 0 Å². The molecule has 4 atom stereocenters. The van der Waals surface area contributed by atoms with E-state index in [2.05, 4.69) is 5.32 Å². The lowest BCUT2D eigenvalue weighted by Crippen LogP contribution is -2.59. The maximum atomic E-state index is 13.0. The fraction of sp³-hybridized carbons (Fsp3) is 0.632. The number of nitrogens with zero attached hydrogens (tertiary/aromatic N) is 1. The van der Waals surface area contributed by atoms with Gasteiger partial charge in [0.25, 0.3) is 0 Å². The summed E-state index contributed by atoms with van der Waals surface area (Å²) in [5.74, 6) is -0.150. The van der Waals surface area contributed by atoms with Crippen molar-refractivity contribution in [3.63, 3.8) is 0 Å². The lowest BCUT2D eigenvalue weighted by molar-refractivity contribution is -0.139. The van der Waals surface area contributed by atoms with E-state index in [-0.39, 0.29) is 31.5 Å². The van der Waals surface area contributed by atoms with Crippen LogP contribution in [0.1, 0.15) is 43.7 Å². The number of aliphatic hydroxyl groups excluding tert-OH is 2. The highest BCUT2D eigenvalue weighted by molar-refractivity contribution is 5.77. The number of aliphatic hydroxyl groups is 2. The normalized spacial score (nSPS) is 32.6. The summed E-state index contributed by atoms with van der Waals surface area (Å²) >= 11 is 0. The number of hydrogen-bond acceptors (Lipinski definition) is 4. The molecule has 5 nitrogen and oxygen atoms in total. The minimum Gasteiger partial charge on any atom is -0.390 e. The molecule has 0 aliphatic carbocycles. The molecule has 0 radical (unpaired) electrons. The molecule has 1 aromatic rings. The van der Waals surface area contributed by atoms with Crippen LogP contribution in [0.4, 0.5) is 13.2 Å². The Kier molecular flexibility index (Phi) is 5.52. The van der Waals surface area contributed by atoms with Gasteiger partial charge in [0.05, 0.1) is 23.3 Å². The van der Waals surface area contributed by atoms with E-state index in [9.17, 15) is 28.2 Å². The van der Waals surface area contributed by atoms with E-state index in [1.54, 1.807) is 11.0 Å². The molecule has 0 saturated carbocycles. The van der Waals surface area contributed by atoms with Crippen LogP contribution in [0.25, 0.3) is 0 Å². The first-order valence-corrected chi connectivity index (χ1v) is 9.17. The van der Waals surface area contributed by atoms with Crippen LogP contribution in [0.5, 0.6) is 0 Å². The largest absolute Gasteiger partial charge is 0.416 e. The monoisotopic (exact) mass is 386 g/mol. The summed E-state index contributed by atoms with van der Waals surface area (Å²) in [5.41, 5.74) is -1.17. The Morgan fingerprint density at radius 2 is 2.04 bits per heavy atom. The molecule has 2 heterocycles. The number of benzene rings is 1. The molecule has 3 N–H and O–H groups in total. The Labute approximate surface area is 156 Å². The minimum absolute atomic E-state index is 0.0280. The lowest BCUT2D eigenvalue weighted by atomic mass is 9.83. The third-order valence-electron chi connectivity index (χ3n) is 5.79. The van der Waals surface area contributed by atoms with Crippen LogP contribution in [-0.2, 0) is 17.5 Å². The molecule has 8 heteroatoms. The van der Waals surface area contributed by atoms with E-state index in [0.717, 1.165) is 12.1 Å². The zero-order valence-corrected chi connectivity index (χ0v) is 15.2. The Morgan fingerprint density at radius 1 is 1.30 bits per heavy atom. The molecule has 1 aromatic carbocycles. The predicted molar refractivity (Wildman–Crippen MR) is 92.7 cm³/mol. The molecule has 2 aliphatic heterocycles. The van der Waals surface area contributed by atoms with Crippen LogP contribution < -0.4 is 5.32 Å². The number of β-amino-alcohol motifs (C(OH)–C–C–N with tert-alkyl or cyclic N) is 1. The Morgan fingerprint density at radius 3 is 2.74 bits per heavy atom. The fourth-order valence-corrected chi connectivity index (χ4v) is 4.21. The van der Waals surface area contributed by atoms with Crippen LogP contribution in [-0.4, -0.2) is 51.4 Å². The SMILES string of the molecule is C[C@]12C[C@@H](O)[C@@H](O)CN[C@@H]1CCCC(=O)N2Cc1cccc(C(F)(F)F)c1. The van der Waals surface area contributed by atoms with E-state index in [1.807, 2.05) is 6.92 Å². The molecule has 2 aliphatic rings. The maximum Gasteiger partial charge on any atom is 0.416 e. The highest BCUT2D eigenvalue weighted by Crippen LogP contribution is 2.36. The number of rotatable bonds is 2. The Hall–Kier alpha value is -1.64. The van der Waals surface area contributed by atoms with Gasteiger partial charge in [0.2, 0.25) is 5.91 Å². The van der Waals surface area contributed by atoms with Gasteiger partial charge in [0, 0.05) is 32.0 Å². The van der Waals surface area contributed by atoms with Gasteiger partial charge >= 0.3 is 6.18 Å². The number of amides is 1. The van der Waals surface area contributed by atoms with E-state index >= 15 is 0 Å². The number of hydrogen-bond donors (Lipinski definition) is 3. The topological polar surface area (TPSA) is 72.8 Å². The summed E-state index contributed by atoms with van der Waals surface area (Å²) in [6, 6.07) is 4.82. The summed E-state index contributed by atoms with van der Waals surface area (Å²) in [7, 11) is 0. The average Bonchev–Trinajstić information content (AvgIpc) is 2.77. The number of halogens is 3. The van der Waals surface area contributed by atoms with E-state index in [0.29, 0.717) is 24.8 Å². The molecule has 2 fully saturated rings. The van der Waals surface area contributed by atoms with Crippen molar-refractivity contribution in [2.75, 3.05) is 6.54 Å². The summed E-state index contributed by atoms with van der Waals surface area (Å²) in [6.07, 6.45) is -4.59. The standard InChI is InChI=1S/C19H25F3N2O3/c1-18-9-14(25)15(26)10-23-16(18)6-3-7-17(27)24(18)11-12-4-2-5-13(8-12)19(20,21)22/h2,4-5,8,14-16,23,25-26H,3,6-7,9-11H2,1H3/t14-,15+,16-,18+/m1/s1. The second-order valence-corrected chi connectivity index (χ2v) is 7.73. The zero-order valence-electron chi connectivity index (χ0n) is 15.2. The van der Waals surface area contributed by atoms with Gasteiger partial charge in [-0.25, -0.2) is 0 Å². The van der Waals surface area contributed by atoms with Gasteiger partial charge in [-0.2, -0.15) is 13.2 Å². The number of carbonyl (C=O) groups excluding carboxylic acids is 1. The first kappa shape index (κ1) is 20.1. The van der Waals surface area contributed by atoms with Crippen LogP contribution in [0.3, 0.4) is 0 Å². The third-order valence-corrected chi connectivity index (χ3v) is 5.79. The fourth-order valence-electron chi connectivity index (χ4n) is 4.21. The number of likely N-dealkylation sites (tertiary alicyclic amines) is 1. The van der Waals surface area contributed by atoms with Crippen LogP contribution >= 0.6 is 0 Å². The highest BCUT2D eigenvalue weighted by atomic mass is 19.4. The summed E-state index contributed by atoms with van der Waals surface area (Å²) in [6.45, 7) is 2.08. The predicted octanol–water partition coefficient (Wildman–Crippen LogP) is 2.06. The molecule has 27 heavy (non-hydrogen) atoms. The van der Waals surface area contributed by atoms with Crippen molar-refractivity contribution in [1.82, 2.24) is 10.2 Å². The van der Waals surface area contributed by atoms with Gasteiger partial charge in [0.15, 0.2) is 0 Å². The lowest BCUT2D eigenvalue weighted by Gasteiger charge is -2.45. The van der Waals surface area contributed by atoms with Crippen molar-refractivity contribution in [2.45, 2.75) is 69.1 Å². The van der Waals surface area contributed by atoms with Crippen LogP contribution in [0.15, 0.2) is 24.3 Å². The second kappa shape index (κ2) is 7.41. The summed E-state index contributed by atoms with van der Waals surface area (Å²) in [5, 5.41) is 23.5. The molecule has 0 bridgehead atoms. The summed E-state index contributed by atoms with van der Waals surface area (Å²) < 4.78 is 39.1. The first-order valence-electron chi connectivity index (χ1n) is 9.17. The number of fused-ring (bicyclic) bond motifs is 1. The van der Waals surface area contributed by atoms with Gasteiger partial charge in [-0.1, -0.05) is 12.1 Å². The molecular formula is C19H25F3N2O3. The van der Waals surface area contributed by atoms with Crippen molar-refractivity contribution in [1.29, 1.82) is 0 Å². The number of nitrogens with one attached hydrogen (secondary N) is 1. The quantitative estimate of drug-likeness (QED) is 0.728. The molecule has 3 rings (SSSR count). The van der Waals surface area contributed by atoms with Crippen LogP contribution in [0.2, 0.25) is 0 Å². The molecule has 0 unspecified atom stereocenters. The molecule has 150 valence electrons. The van der Waals surface area contributed by atoms with E-state index in [4.69, 9.17) is 0 Å². The molecule has 0 aromatic heterocycles. The van der Waals surface area contributed by atoms with Crippen molar-refractivity contribution >= 4 is 5.91 Å². The highest BCUT2D eigenvalue weighted by Gasteiger charge is 2.47. The Balaban J connectivity index is 1.94. The van der Waals surface area contributed by atoms with E-state index < -0.39 is 29.5 Å². The van der Waals surface area contributed by atoms with Crippen molar-refractivity contribution in [3.05, 3.63) is 35.4 Å². The Bertz CT molecular complexity index is 697. The van der Waals surface area contributed by atoms with Crippen molar-refractivity contribution in [3.8, 4) is 0 Å². The van der Waals surface area contributed by atoms with Gasteiger partial charge in [0.1, 0.15) is 0 Å². The first-order chi connectivity index (χ1) is 12.6. The van der Waals surface area contributed by atoms with Crippen LogP contribution in [0, 0.1) is 0 Å². The van der Waals surface area contributed by atoms with Crippen molar-refractivity contribution < 1.29 is 28.2 Å². The van der Waals surface area contributed by atoms with Gasteiger partial charge in [-0.05, 0) is 37.5 Å². The molecule has 0 spiro atoms. The zero-order chi connectivity index (χ0) is 19.8. The smallest absolute Gasteiger partial charge is 0.390 e. The molecular weight excluding hydrogens is 361 g/mol. The average molecular weight is 386 g/mol. The summed E-state index contributed by atoms with van der Waals surface area (Å²) in [4.78, 5) is 14.4. The van der Waals surface area contributed by atoms with Crippen molar-refractivity contribution in [2.24, 2.45) is 0 Å². The third kappa shape index (κ3) is 4.12. The molecule has 1 amide bonds. The number of alkyl halides is 3. The van der Waals surface area contributed by atoms with E-state index in [1.165, 1.54) is 6.07 Å². The van der Waals surface area contributed by atoms with Gasteiger partial charge in [-0.3, -0.25) is 4.79 Å². The number of carbonyl (C=O) groups is 1. The second-order valence-electron chi connectivity index (χ2n) is 7.73. The maximum absolute atomic E-state index is 13.0. The minimum atomic E-state index is -4.45. The van der Waals surface area contributed by atoms with Gasteiger partial charge < -0.3 is 20.4 Å². The molecule has 2 saturated heterocycles.